The second kappa shape index (κ2) is 8.29. The molecule has 0 atom stereocenters. The van der Waals surface area contributed by atoms with E-state index in [1.165, 1.54) is 0 Å². The van der Waals surface area contributed by atoms with E-state index < -0.39 is 0 Å². The van der Waals surface area contributed by atoms with Crippen LogP contribution in [-0.2, 0) is 4.74 Å². The van der Waals surface area contributed by atoms with Crippen LogP contribution in [0.4, 0.5) is 0 Å². The van der Waals surface area contributed by atoms with Crippen LogP contribution in [0.3, 0.4) is 0 Å². The molecule has 12 heavy (non-hydrogen) atoms. The molecule has 5 N–H and O–H groups in total. The molecule has 5 heteroatoms. The van der Waals surface area contributed by atoms with Crippen LogP contribution in [0.1, 0.15) is 19.8 Å². The fourth-order valence-corrected chi connectivity index (χ4v) is 0.658. The number of nitrogens with zero attached hydrogens (tertiary/aromatic N) is 1. The predicted molar refractivity (Wildman–Crippen MR) is 49.5 cm³/mol. The topological polar surface area (TPSA) is 85.7 Å². The fourth-order valence-electron chi connectivity index (χ4n) is 0.658. The minimum atomic E-state index is 0.269. The normalized spacial score (nSPS) is 11.7. The molecule has 0 spiro atoms. The van der Waals surface area contributed by atoms with Crippen molar-refractivity contribution in [2.45, 2.75) is 19.8 Å². The van der Waals surface area contributed by atoms with Crippen molar-refractivity contribution < 1.29 is 4.74 Å². The van der Waals surface area contributed by atoms with Crippen LogP contribution in [0.15, 0.2) is 4.99 Å². The second-order valence-electron chi connectivity index (χ2n) is 2.38. The van der Waals surface area contributed by atoms with Crippen LogP contribution in [0.25, 0.3) is 0 Å². The molecule has 0 unspecified atom stereocenters. The van der Waals surface area contributed by atoms with E-state index in [0.29, 0.717) is 6.54 Å². The van der Waals surface area contributed by atoms with Gasteiger partial charge < -0.3 is 10.5 Å². The molecule has 0 bridgehead atoms. The lowest BCUT2D eigenvalue weighted by molar-refractivity contribution is 0.134. The average molecular weight is 174 g/mol. The minimum absolute atomic E-state index is 0.269. The van der Waals surface area contributed by atoms with E-state index in [1.807, 2.05) is 0 Å². The van der Waals surface area contributed by atoms with E-state index in [0.717, 1.165) is 26.1 Å². The van der Waals surface area contributed by atoms with Crippen LogP contribution in [0.2, 0.25) is 0 Å². The monoisotopic (exact) mass is 174 g/mol. The molecule has 0 amide bonds. The highest BCUT2D eigenvalue weighted by Crippen LogP contribution is 1.85. The van der Waals surface area contributed by atoms with Crippen molar-refractivity contribution in [3.05, 3.63) is 0 Å². The Hall–Kier alpha value is -0.810. The summed E-state index contributed by atoms with van der Waals surface area (Å²) in [6.45, 7) is 4.28. The Kier molecular flexibility index (Phi) is 7.73. The molecule has 0 aliphatic heterocycles. The lowest BCUT2D eigenvalue weighted by atomic mass is 10.4. The van der Waals surface area contributed by atoms with E-state index in [1.54, 1.807) is 0 Å². The average Bonchev–Trinajstić information content (AvgIpc) is 2.10. The van der Waals surface area contributed by atoms with Crippen LogP contribution < -0.4 is 17.0 Å². The van der Waals surface area contributed by atoms with Gasteiger partial charge in [0.2, 0.25) is 5.96 Å². The molecule has 0 aliphatic rings. The first kappa shape index (κ1) is 11.2. The summed E-state index contributed by atoms with van der Waals surface area (Å²) in [6.07, 6.45) is 1.93. The first-order valence-corrected chi connectivity index (χ1v) is 4.15. The standard InChI is InChI=1S/C7H18N4O/c1-2-5-12-6-3-4-10-7(8)11-9/h2-6,9H2,1H3,(H3,8,10,11). The largest absolute Gasteiger partial charge is 0.381 e. The van der Waals surface area contributed by atoms with E-state index in [-0.39, 0.29) is 5.96 Å². The quantitative estimate of drug-likeness (QED) is 0.168. The van der Waals surface area contributed by atoms with Crippen molar-refractivity contribution in [3.8, 4) is 0 Å². The first-order chi connectivity index (χ1) is 5.81. The lowest BCUT2D eigenvalue weighted by Crippen LogP contribution is -2.37. The third-order valence-electron chi connectivity index (χ3n) is 1.23. The van der Waals surface area contributed by atoms with Crippen molar-refractivity contribution in [3.63, 3.8) is 0 Å². The van der Waals surface area contributed by atoms with Crippen molar-refractivity contribution >= 4 is 5.96 Å². The molecule has 72 valence electrons. The van der Waals surface area contributed by atoms with Gasteiger partial charge in [0, 0.05) is 19.8 Å². The summed E-state index contributed by atoms with van der Waals surface area (Å²) in [5.74, 6) is 5.27. The van der Waals surface area contributed by atoms with Gasteiger partial charge in [0.15, 0.2) is 0 Å². The number of hydrazine groups is 1. The maximum absolute atomic E-state index is 5.29. The van der Waals surface area contributed by atoms with Gasteiger partial charge in [0.05, 0.1) is 0 Å². The van der Waals surface area contributed by atoms with Gasteiger partial charge in [-0.3, -0.25) is 10.4 Å². The van der Waals surface area contributed by atoms with E-state index in [9.17, 15) is 0 Å². The summed E-state index contributed by atoms with van der Waals surface area (Å²) in [7, 11) is 0. The first-order valence-electron chi connectivity index (χ1n) is 4.15. The van der Waals surface area contributed by atoms with Crippen LogP contribution in [0.5, 0.6) is 0 Å². The summed E-state index contributed by atoms with van der Waals surface area (Å²) in [6, 6.07) is 0. The van der Waals surface area contributed by atoms with Gasteiger partial charge in [-0.05, 0) is 12.8 Å². The Labute approximate surface area is 73.1 Å². The van der Waals surface area contributed by atoms with E-state index in [4.69, 9.17) is 16.3 Å². The molecule has 0 rings (SSSR count). The molecule has 0 heterocycles. The van der Waals surface area contributed by atoms with Crippen LogP contribution in [0, 0.1) is 0 Å². The van der Waals surface area contributed by atoms with Gasteiger partial charge >= 0.3 is 0 Å². The van der Waals surface area contributed by atoms with Crippen molar-refractivity contribution in [1.82, 2.24) is 5.43 Å². The highest BCUT2D eigenvalue weighted by atomic mass is 16.5. The summed E-state index contributed by atoms with van der Waals surface area (Å²) in [5.41, 5.74) is 7.54. The molecular formula is C7H18N4O. The number of ether oxygens (including phenoxy) is 1. The van der Waals surface area contributed by atoms with Gasteiger partial charge in [-0.1, -0.05) is 6.92 Å². The van der Waals surface area contributed by atoms with Gasteiger partial charge in [-0.2, -0.15) is 0 Å². The second-order valence-corrected chi connectivity index (χ2v) is 2.38. The van der Waals surface area contributed by atoms with Gasteiger partial charge in [0.25, 0.3) is 0 Å². The number of rotatable bonds is 6. The fraction of sp³-hybridized carbons (Fsp3) is 0.857. The number of guanidine groups is 1. The van der Waals surface area contributed by atoms with Gasteiger partial charge in [0.1, 0.15) is 0 Å². The summed E-state index contributed by atoms with van der Waals surface area (Å²) >= 11 is 0. The SMILES string of the molecule is CCCOCCCN=C(N)NN. The van der Waals surface area contributed by atoms with Crippen molar-refractivity contribution in [2.75, 3.05) is 19.8 Å². The zero-order valence-electron chi connectivity index (χ0n) is 7.55. The number of aliphatic imine (C=N–C) groups is 1. The van der Waals surface area contributed by atoms with Crippen molar-refractivity contribution in [1.29, 1.82) is 0 Å². The summed E-state index contributed by atoms with van der Waals surface area (Å²) in [4.78, 5) is 3.92. The number of nitrogens with two attached hydrogens (primary N) is 2. The number of hydrogen-bond acceptors (Lipinski definition) is 3. The highest BCUT2D eigenvalue weighted by Gasteiger charge is 1.87. The molecule has 0 fully saturated rings. The highest BCUT2D eigenvalue weighted by molar-refractivity contribution is 5.76. The van der Waals surface area contributed by atoms with E-state index in [2.05, 4.69) is 17.3 Å². The Morgan fingerprint density at radius 3 is 2.83 bits per heavy atom. The van der Waals surface area contributed by atoms with Crippen LogP contribution in [-0.4, -0.2) is 25.7 Å². The Morgan fingerprint density at radius 2 is 2.25 bits per heavy atom. The third kappa shape index (κ3) is 7.30. The lowest BCUT2D eigenvalue weighted by Gasteiger charge is -2.00. The molecule has 5 nitrogen and oxygen atoms in total. The Balaban J connectivity index is 3.10. The van der Waals surface area contributed by atoms with Gasteiger partial charge in [-0.15, -0.1) is 0 Å². The Bertz CT molecular complexity index is 127. The molecular weight excluding hydrogens is 156 g/mol. The molecule has 0 aliphatic carbocycles. The molecule has 0 aromatic carbocycles. The zero-order valence-corrected chi connectivity index (χ0v) is 7.55. The number of hydrogen-bond donors (Lipinski definition) is 3. The Morgan fingerprint density at radius 1 is 1.50 bits per heavy atom. The molecule has 0 aromatic heterocycles. The zero-order chi connectivity index (χ0) is 9.23. The molecule has 0 saturated carbocycles. The molecule has 0 aromatic rings. The van der Waals surface area contributed by atoms with E-state index >= 15 is 0 Å². The maximum Gasteiger partial charge on any atom is 0.203 e. The summed E-state index contributed by atoms with van der Waals surface area (Å²) in [5, 5.41) is 0. The third-order valence-corrected chi connectivity index (χ3v) is 1.23. The minimum Gasteiger partial charge on any atom is -0.381 e. The van der Waals surface area contributed by atoms with Crippen molar-refractivity contribution in [2.24, 2.45) is 16.6 Å². The predicted octanol–water partition coefficient (Wildman–Crippen LogP) is -0.419. The molecule has 0 radical (unpaired) electrons. The smallest absolute Gasteiger partial charge is 0.203 e. The van der Waals surface area contributed by atoms with Crippen LogP contribution >= 0.6 is 0 Å². The molecule has 0 saturated heterocycles. The number of nitrogens with one attached hydrogen (secondary N) is 1. The summed E-state index contributed by atoms with van der Waals surface area (Å²) < 4.78 is 5.24. The van der Waals surface area contributed by atoms with Gasteiger partial charge in [-0.25, -0.2) is 5.84 Å². The maximum atomic E-state index is 5.29.